The Morgan fingerprint density at radius 1 is 1.41 bits per heavy atom. The first-order valence-corrected chi connectivity index (χ1v) is 10.4. The third-order valence-electron chi connectivity index (χ3n) is 5.27. The van der Waals surface area contributed by atoms with Gasteiger partial charge in [0, 0.05) is 24.0 Å². The van der Waals surface area contributed by atoms with Gasteiger partial charge in [0.2, 0.25) is 0 Å². The van der Waals surface area contributed by atoms with Gasteiger partial charge in [-0.15, -0.1) is 11.3 Å². The zero-order valence-corrected chi connectivity index (χ0v) is 16.3. The monoisotopic (exact) mass is 385 g/mol. The van der Waals surface area contributed by atoms with Crippen molar-refractivity contribution in [3.8, 4) is 0 Å². The third kappa shape index (κ3) is 3.82. The number of aryl methyl sites for hydroxylation is 2. The van der Waals surface area contributed by atoms with Gasteiger partial charge in [0.25, 0.3) is 5.56 Å². The standard InChI is InChI=1S/C21H24FN3OS/c1-2-3-9-25-13-24-20-19(21(25)26)17-8-7-16(11-18(17)27-20)23-12-14-5-4-6-15(22)10-14/h4-6,10,13,16,23H,2-3,7-9,11-12H2,1H3. The van der Waals surface area contributed by atoms with E-state index in [9.17, 15) is 9.18 Å². The summed E-state index contributed by atoms with van der Waals surface area (Å²) in [5, 5.41) is 4.37. The molecule has 27 heavy (non-hydrogen) atoms. The molecule has 0 amide bonds. The molecule has 2 heterocycles. The summed E-state index contributed by atoms with van der Waals surface area (Å²) < 4.78 is 15.1. The molecule has 1 aromatic carbocycles. The molecule has 142 valence electrons. The van der Waals surface area contributed by atoms with E-state index in [0.717, 1.165) is 54.4 Å². The number of aromatic nitrogens is 2. The van der Waals surface area contributed by atoms with E-state index in [4.69, 9.17) is 0 Å². The van der Waals surface area contributed by atoms with E-state index in [1.807, 2.05) is 6.07 Å². The molecule has 0 bridgehead atoms. The van der Waals surface area contributed by atoms with E-state index in [2.05, 4.69) is 17.2 Å². The van der Waals surface area contributed by atoms with Crippen LogP contribution in [-0.2, 0) is 25.9 Å². The Bertz CT molecular complexity index is 1010. The van der Waals surface area contributed by atoms with Crippen molar-refractivity contribution in [2.24, 2.45) is 0 Å². The third-order valence-corrected chi connectivity index (χ3v) is 6.43. The van der Waals surface area contributed by atoms with Crippen LogP contribution < -0.4 is 10.9 Å². The zero-order valence-electron chi connectivity index (χ0n) is 15.5. The molecule has 1 N–H and O–H groups in total. The maximum absolute atomic E-state index is 13.3. The van der Waals surface area contributed by atoms with Crippen LogP contribution in [-0.4, -0.2) is 15.6 Å². The molecule has 0 spiro atoms. The van der Waals surface area contributed by atoms with Gasteiger partial charge in [-0.25, -0.2) is 9.37 Å². The Morgan fingerprint density at radius 2 is 2.30 bits per heavy atom. The minimum Gasteiger partial charge on any atom is -0.310 e. The lowest BCUT2D eigenvalue weighted by molar-refractivity contribution is 0.462. The summed E-state index contributed by atoms with van der Waals surface area (Å²) in [6.45, 7) is 3.52. The van der Waals surface area contributed by atoms with Gasteiger partial charge in [-0.2, -0.15) is 0 Å². The van der Waals surface area contributed by atoms with E-state index < -0.39 is 0 Å². The van der Waals surface area contributed by atoms with Crippen LogP contribution in [0.2, 0.25) is 0 Å². The molecule has 1 aliphatic carbocycles. The molecule has 0 saturated heterocycles. The second kappa shape index (κ2) is 7.90. The maximum Gasteiger partial charge on any atom is 0.262 e. The van der Waals surface area contributed by atoms with E-state index >= 15 is 0 Å². The van der Waals surface area contributed by atoms with Gasteiger partial charge in [-0.3, -0.25) is 9.36 Å². The van der Waals surface area contributed by atoms with E-state index in [1.54, 1.807) is 34.4 Å². The highest BCUT2D eigenvalue weighted by Crippen LogP contribution is 2.33. The highest BCUT2D eigenvalue weighted by Gasteiger charge is 2.25. The Balaban J connectivity index is 1.52. The predicted molar refractivity (Wildman–Crippen MR) is 108 cm³/mol. The Morgan fingerprint density at radius 3 is 3.11 bits per heavy atom. The van der Waals surface area contributed by atoms with Gasteiger partial charge in [-0.05, 0) is 48.9 Å². The first-order chi connectivity index (χ1) is 13.2. The first-order valence-electron chi connectivity index (χ1n) is 9.63. The summed E-state index contributed by atoms with van der Waals surface area (Å²) in [5.41, 5.74) is 2.26. The second-order valence-electron chi connectivity index (χ2n) is 7.23. The average Bonchev–Trinajstić information content (AvgIpc) is 3.04. The lowest BCUT2D eigenvalue weighted by atomic mass is 9.93. The summed E-state index contributed by atoms with van der Waals surface area (Å²) in [4.78, 5) is 19.6. The van der Waals surface area contributed by atoms with E-state index in [1.165, 1.54) is 16.5 Å². The van der Waals surface area contributed by atoms with Gasteiger partial charge in [-0.1, -0.05) is 25.5 Å². The number of rotatable bonds is 6. The number of nitrogens with one attached hydrogen (secondary N) is 1. The van der Waals surface area contributed by atoms with E-state index in [0.29, 0.717) is 12.6 Å². The summed E-state index contributed by atoms with van der Waals surface area (Å²) in [5.74, 6) is -0.199. The Hall–Kier alpha value is -2.05. The predicted octanol–water partition coefficient (Wildman–Crippen LogP) is 4.04. The van der Waals surface area contributed by atoms with Crippen molar-refractivity contribution in [2.75, 3.05) is 0 Å². The molecule has 6 heteroatoms. The smallest absolute Gasteiger partial charge is 0.262 e. The molecular weight excluding hydrogens is 361 g/mol. The van der Waals surface area contributed by atoms with Crippen molar-refractivity contribution >= 4 is 21.6 Å². The number of hydrogen-bond acceptors (Lipinski definition) is 4. The molecule has 0 radical (unpaired) electrons. The number of hydrogen-bond donors (Lipinski definition) is 1. The molecule has 3 aromatic rings. The number of thiophene rings is 1. The number of halogens is 1. The second-order valence-corrected chi connectivity index (χ2v) is 8.31. The normalized spacial score (nSPS) is 16.6. The lowest BCUT2D eigenvalue weighted by Gasteiger charge is -2.23. The minimum atomic E-state index is -0.199. The SMILES string of the molecule is CCCCn1cnc2sc3c(c2c1=O)CCC(NCc1cccc(F)c1)C3. The van der Waals surface area contributed by atoms with Crippen molar-refractivity contribution in [3.05, 3.63) is 62.8 Å². The molecular formula is C21H24FN3OS. The molecule has 4 rings (SSSR count). The summed E-state index contributed by atoms with van der Waals surface area (Å²) in [6.07, 6.45) is 6.53. The fourth-order valence-corrected chi connectivity index (χ4v) is 5.03. The quantitative estimate of drug-likeness (QED) is 0.696. The first kappa shape index (κ1) is 18.3. The molecule has 0 aliphatic heterocycles. The lowest BCUT2D eigenvalue weighted by Crippen LogP contribution is -2.33. The fourth-order valence-electron chi connectivity index (χ4n) is 3.77. The molecule has 0 saturated carbocycles. The number of benzene rings is 1. The number of nitrogens with zero attached hydrogens (tertiary/aromatic N) is 2. The van der Waals surface area contributed by atoms with Gasteiger partial charge in [0.05, 0.1) is 11.7 Å². The van der Waals surface area contributed by atoms with Crippen molar-refractivity contribution in [1.29, 1.82) is 0 Å². The summed E-state index contributed by atoms with van der Waals surface area (Å²) in [7, 11) is 0. The Labute approximate surface area is 162 Å². The largest absolute Gasteiger partial charge is 0.310 e. The maximum atomic E-state index is 13.3. The van der Waals surface area contributed by atoms with Crippen molar-refractivity contribution in [3.63, 3.8) is 0 Å². The van der Waals surface area contributed by atoms with Crippen LogP contribution in [0.5, 0.6) is 0 Å². The van der Waals surface area contributed by atoms with Gasteiger partial charge in [0.15, 0.2) is 0 Å². The van der Waals surface area contributed by atoms with Crippen LogP contribution in [0.4, 0.5) is 4.39 Å². The Kier molecular flexibility index (Phi) is 5.36. The van der Waals surface area contributed by atoms with Crippen LogP contribution >= 0.6 is 11.3 Å². The molecule has 4 nitrogen and oxygen atoms in total. The highest BCUT2D eigenvalue weighted by atomic mass is 32.1. The van der Waals surface area contributed by atoms with Crippen molar-refractivity contribution < 1.29 is 4.39 Å². The van der Waals surface area contributed by atoms with Gasteiger partial charge >= 0.3 is 0 Å². The minimum absolute atomic E-state index is 0.108. The molecule has 2 aromatic heterocycles. The summed E-state index contributed by atoms with van der Waals surface area (Å²) >= 11 is 1.65. The van der Waals surface area contributed by atoms with Gasteiger partial charge < -0.3 is 5.32 Å². The van der Waals surface area contributed by atoms with Crippen molar-refractivity contribution in [1.82, 2.24) is 14.9 Å². The topological polar surface area (TPSA) is 46.9 Å². The van der Waals surface area contributed by atoms with Crippen LogP contribution in [0.1, 0.15) is 42.2 Å². The van der Waals surface area contributed by atoms with E-state index in [-0.39, 0.29) is 11.4 Å². The highest BCUT2D eigenvalue weighted by molar-refractivity contribution is 7.18. The number of fused-ring (bicyclic) bond motifs is 3. The van der Waals surface area contributed by atoms with Crippen LogP contribution in [0.3, 0.4) is 0 Å². The molecule has 1 aliphatic rings. The molecule has 1 atom stereocenters. The van der Waals surface area contributed by atoms with Crippen LogP contribution in [0.15, 0.2) is 35.4 Å². The average molecular weight is 386 g/mol. The van der Waals surface area contributed by atoms with Crippen LogP contribution in [0, 0.1) is 5.82 Å². The fraction of sp³-hybridized carbons (Fsp3) is 0.429. The van der Waals surface area contributed by atoms with Crippen LogP contribution in [0.25, 0.3) is 10.2 Å². The zero-order chi connectivity index (χ0) is 18.8. The van der Waals surface area contributed by atoms with Gasteiger partial charge in [0.1, 0.15) is 10.6 Å². The van der Waals surface area contributed by atoms with Crippen molar-refractivity contribution in [2.45, 2.75) is 58.2 Å². The number of unbranched alkanes of at least 4 members (excludes halogenated alkanes) is 1. The molecule has 1 unspecified atom stereocenters. The molecule has 0 fully saturated rings. The summed E-state index contributed by atoms with van der Waals surface area (Å²) in [6, 6.07) is 7.06.